The summed E-state index contributed by atoms with van der Waals surface area (Å²) < 4.78 is 0. The van der Waals surface area contributed by atoms with Crippen molar-refractivity contribution in [1.82, 2.24) is 10.2 Å². The van der Waals surface area contributed by atoms with Crippen molar-refractivity contribution in [1.29, 1.82) is 0 Å². The van der Waals surface area contributed by atoms with Crippen LogP contribution in [0, 0.1) is 17.8 Å². The molecule has 1 aliphatic carbocycles. The smallest absolute Gasteiger partial charge is 0.0443 e. The highest BCUT2D eigenvalue weighted by atomic mass is 16.3. The number of aliphatic hydroxyl groups excluding tert-OH is 1. The summed E-state index contributed by atoms with van der Waals surface area (Å²) in [6.07, 6.45) is 4.79. The number of nitrogens with zero attached hydrogens (tertiary/aromatic N) is 1. The molecule has 0 bridgehead atoms. The van der Waals surface area contributed by atoms with Crippen LogP contribution in [0.15, 0.2) is 0 Å². The zero-order chi connectivity index (χ0) is 15.8. The predicted molar refractivity (Wildman–Crippen MR) is 91.5 cm³/mol. The van der Waals surface area contributed by atoms with Gasteiger partial charge in [0.1, 0.15) is 0 Å². The highest BCUT2D eigenvalue weighted by molar-refractivity contribution is 4.89. The van der Waals surface area contributed by atoms with Crippen molar-refractivity contribution < 1.29 is 5.11 Å². The number of hydrogen-bond donors (Lipinski definition) is 2. The Hall–Kier alpha value is -0.120. The van der Waals surface area contributed by atoms with Crippen LogP contribution in [0.2, 0.25) is 0 Å². The highest BCUT2D eigenvalue weighted by Gasteiger charge is 2.34. The Morgan fingerprint density at radius 2 is 1.95 bits per heavy atom. The van der Waals surface area contributed by atoms with Gasteiger partial charge in [0.2, 0.25) is 0 Å². The van der Waals surface area contributed by atoms with Gasteiger partial charge in [0.25, 0.3) is 0 Å². The Morgan fingerprint density at radius 1 is 1.24 bits per heavy atom. The van der Waals surface area contributed by atoms with E-state index < -0.39 is 0 Å². The molecule has 0 aliphatic heterocycles. The zero-order valence-corrected chi connectivity index (χ0v) is 14.9. The fraction of sp³-hybridized carbons (Fsp3) is 1.00. The molecule has 1 rings (SSSR count). The largest absolute Gasteiger partial charge is 0.396 e. The molecule has 0 spiro atoms. The minimum absolute atomic E-state index is 0.304. The summed E-state index contributed by atoms with van der Waals surface area (Å²) in [5, 5.41) is 12.9. The molecule has 1 saturated carbocycles. The van der Waals surface area contributed by atoms with E-state index in [0.29, 0.717) is 18.7 Å². The SMILES string of the molecule is CCCNC1CC(C)CC(C)C1CN(CCCO)C(C)C. The lowest BCUT2D eigenvalue weighted by Gasteiger charge is -2.43. The van der Waals surface area contributed by atoms with Gasteiger partial charge < -0.3 is 15.3 Å². The maximum atomic E-state index is 9.12. The number of aliphatic hydroxyl groups is 1. The standard InChI is InChI=1S/C18H38N2O/c1-6-8-19-18-12-15(4)11-16(5)17(18)13-20(14(2)3)9-7-10-21/h14-19,21H,6-13H2,1-5H3. The van der Waals surface area contributed by atoms with Gasteiger partial charge >= 0.3 is 0 Å². The van der Waals surface area contributed by atoms with Crippen LogP contribution in [0.5, 0.6) is 0 Å². The second-order valence-corrected chi connectivity index (χ2v) is 7.44. The van der Waals surface area contributed by atoms with E-state index in [9.17, 15) is 0 Å². The molecule has 126 valence electrons. The van der Waals surface area contributed by atoms with Crippen LogP contribution in [-0.2, 0) is 0 Å². The van der Waals surface area contributed by atoms with Crippen LogP contribution in [-0.4, -0.2) is 48.3 Å². The average Bonchev–Trinajstić information content (AvgIpc) is 2.42. The van der Waals surface area contributed by atoms with Gasteiger partial charge in [0.05, 0.1) is 0 Å². The molecule has 3 nitrogen and oxygen atoms in total. The molecule has 0 radical (unpaired) electrons. The first kappa shape index (κ1) is 18.9. The number of hydrogen-bond acceptors (Lipinski definition) is 3. The third-order valence-corrected chi connectivity index (χ3v) is 5.11. The molecule has 3 heteroatoms. The monoisotopic (exact) mass is 298 g/mol. The molecule has 4 unspecified atom stereocenters. The molecule has 1 aliphatic rings. The van der Waals surface area contributed by atoms with Crippen LogP contribution in [0.4, 0.5) is 0 Å². The van der Waals surface area contributed by atoms with E-state index >= 15 is 0 Å². The molecular weight excluding hydrogens is 260 g/mol. The van der Waals surface area contributed by atoms with Crippen LogP contribution in [0.1, 0.15) is 60.3 Å². The Balaban J connectivity index is 2.67. The Kier molecular flexibility index (Phi) is 8.84. The van der Waals surface area contributed by atoms with E-state index in [1.807, 2.05) is 0 Å². The van der Waals surface area contributed by atoms with Crippen molar-refractivity contribution in [3.63, 3.8) is 0 Å². The molecule has 0 saturated heterocycles. The minimum Gasteiger partial charge on any atom is -0.396 e. The van der Waals surface area contributed by atoms with Gasteiger partial charge in [0.15, 0.2) is 0 Å². The molecule has 0 amide bonds. The van der Waals surface area contributed by atoms with Gasteiger partial charge in [-0.2, -0.15) is 0 Å². The van der Waals surface area contributed by atoms with Gasteiger partial charge in [-0.3, -0.25) is 0 Å². The lowest BCUT2D eigenvalue weighted by Crippen LogP contribution is -2.50. The fourth-order valence-corrected chi connectivity index (χ4v) is 3.89. The van der Waals surface area contributed by atoms with Crippen LogP contribution >= 0.6 is 0 Å². The number of nitrogens with one attached hydrogen (secondary N) is 1. The zero-order valence-electron chi connectivity index (χ0n) is 14.9. The van der Waals surface area contributed by atoms with Gasteiger partial charge in [-0.1, -0.05) is 20.8 Å². The minimum atomic E-state index is 0.304. The van der Waals surface area contributed by atoms with Crippen LogP contribution in [0.25, 0.3) is 0 Å². The summed E-state index contributed by atoms with van der Waals surface area (Å²) in [6.45, 7) is 15.3. The van der Waals surface area contributed by atoms with Gasteiger partial charge in [-0.15, -0.1) is 0 Å². The van der Waals surface area contributed by atoms with Gasteiger partial charge in [-0.25, -0.2) is 0 Å². The second kappa shape index (κ2) is 9.81. The van der Waals surface area contributed by atoms with E-state index in [0.717, 1.165) is 37.3 Å². The Labute approximate surface area is 132 Å². The lowest BCUT2D eigenvalue weighted by atomic mass is 9.72. The first-order valence-corrected chi connectivity index (χ1v) is 9.07. The molecule has 0 aromatic carbocycles. The van der Waals surface area contributed by atoms with Crippen molar-refractivity contribution in [3.8, 4) is 0 Å². The van der Waals surface area contributed by atoms with Crippen molar-refractivity contribution in [2.75, 3.05) is 26.2 Å². The van der Waals surface area contributed by atoms with E-state index in [2.05, 4.69) is 44.8 Å². The quantitative estimate of drug-likeness (QED) is 0.686. The first-order valence-electron chi connectivity index (χ1n) is 9.07. The summed E-state index contributed by atoms with van der Waals surface area (Å²) in [5.74, 6) is 2.38. The summed E-state index contributed by atoms with van der Waals surface area (Å²) in [4.78, 5) is 2.56. The van der Waals surface area contributed by atoms with Crippen molar-refractivity contribution >= 4 is 0 Å². The Bertz CT molecular complexity index is 270. The van der Waals surface area contributed by atoms with Crippen LogP contribution in [0.3, 0.4) is 0 Å². The fourth-order valence-electron chi connectivity index (χ4n) is 3.89. The third kappa shape index (κ3) is 6.25. The van der Waals surface area contributed by atoms with Gasteiger partial charge in [0, 0.05) is 31.8 Å². The normalized spacial score (nSPS) is 30.3. The predicted octanol–water partition coefficient (Wildman–Crippen LogP) is 3.13. The highest BCUT2D eigenvalue weighted by Crippen LogP contribution is 2.34. The number of rotatable bonds is 9. The molecule has 21 heavy (non-hydrogen) atoms. The summed E-state index contributed by atoms with van der Waals surface area (Å²) in [6, 6.07) is 1.23. The molecule has 1 fully saturated rings. The molecule has 2 N–H and O–H groups in total. The second-order valence-electron chi connectivity index (χ2n) is 7.44. The molecule has 4 atom stereocenters. The molecule has 0 aromatic rings. The van der Waals surface area contributed by atoms with Crippen molar-refractivity contribution in [2.24, 2.45) is 17.8 Å². The summed E-state index contributed by atoms with van der Waals surface area (Å²) in [5.41, 5.74) is 0. The van der Waals surface area contributed by atoms with E-state index in [1.54, 1.807) is 0 Å². The van der Waals surface area contributed by atoms with E-state index in [1.165, 1.54) is 25.8 Å². The van der Waals surface area contributed by atoms with Crippen molar-refractivity contribution in [2.45, 2.75) is 72.4 Å². The van der Waals surface area contributed by atoms with E-state index in [-0.39, 0.29) is 0 Å². The first-order chi connectivity index (χ1) is 9.99. The summed E-state index contributed by atoms with van der Waals surface area (Å²) in [7, 11) is 0. The third-order valence-electron chi connectivity index (χ3n) is 5.11. The average molecular weight is 299 g/mol. The lowest BCUT2D eigenvalue weighted by molar-refractivity contribution is 0.0829. The Morgan fingerprint density at radius 3 is 2.52 bits per heavy atom. The van der Waals surface area contributed by atoms with Crippen LogP contribution < -0.4 is 5.32 Å². The molecular formula is C18H38N2O. The van der Waals surface area contributed by atoms with Gasteiger partial charge in [-0.05, 0) is 63.8 Å². The molecule has 0 heterocycles. The topological polar surface area (TPSA) is 35.5 Å². The maximum absolute atomic E-state index is 9.12. The molecule has 0 aromatic heterocycles. The van der Waals surface area contributed by atoms with E-state index in [4.69, 9.17) is 5.11 Å². The summed E-state index contributed by atoms with van der Waals surface area (Å²) >= 11 is 0. The maximum Gasteiger partial charge on any atom is 0.0443 e. The van der Waals surface area contributed by atoms with Crippen molar-refractivity contribution in [3.05, 3.63) is 0 Å².